The van der Waals surface area contributed by atoms with Crippen molar-refractivity contribution in [1.29, 1.82) is 0 Å². The molecule has 0 aliphatic heterocycles. The minimum absolute atomic E-state index is 0.581. The van der Waals surface area contributed by atoms with Crippen LogP contribution in [0.3, 0.4) is 0 Å². The Morgan fingerprint density at radius 3 is 3.10 bits per heavy atom. The molecule has 0 unspecified atom stereocenters. The smallest absolute Gasteiger partial charge is 0.0495 e. The largest absolute Gasteiger partial charge is 0.411 e. The van der Waals surface area contributed by atoms with Gasteiger partial charge in [0.1, 0.15) is 0 Å². The molecule has 1 N–H and O–H groups in total. The predicted octanol–water partition coefficient (Wildman–Crippen LogP) is 1.08. The number of hydrogen-bond acceptors (Lipinski definition) is 3. The van der Waals surface area contributed by atoms with Gasteiger partial charge in [0.2, 0.25) is 0 Å². The molecule has 1 aromatic rings. The topological polar surface area (TPSA) is 45.5 Å². The summed E-state index contributed by atoms with van der Waals surface area (Å²) in [5.41, 5.74) is 0.903. The molecule has 0 spiro atoms. The lowest BCUT2D eigenvalue weighted by Crippen LogP contribution is -1.88. The summed E-state index contributed by atoms with van der Waals surface area (Å²) >= 11 is 0. The predicted molar refractivity (Wildman–Crippen MR) is 38.2 cm³/mol. The summed E-state index contributed by atoms with van der Waals surface area (Å²) in [4.78, 5) is 4.01. The summed E-state index contributed by atoms with van der Waals surface area (Å²) in [6.07, 6.45) is 3.69. The maximum absolute atomic E-state index is 8.07. The van der Waals surface area contributed by atoms with Crippen LogP contribution in [0.1, 0.15) is 5.69 Å². The normalized spacial score (nSPS) is 10.4. The zero-order chi connectivity index (χ0) is 7.23. The van der Waals surface area contributed by atoms with Crippen LogP contribution in [0, 0.1) is 0 Å². The van der Waals surface area contributed by atoms with E-state index in [2.05, 4.69) is 10.1 Å². The number of hydrogen-bond donors (Lipinski definition) is 1. The third kappa shape index (κ3) is 1.85. The van der Waals surface area contributed by atoms with Crippen LogP contribution < -0.4 is 0 Å². The number of rotatable bonds is 2. The fourth-order valence-corrected chi connectivity index (χ4v) is 0.653. The first-order valence-electron chi connectivity index (χ1n) is 2.99. The van der Waals surface area contributed by atoms with Gasteiger partial charge in [-0.15, -0.1) is 5.16 Å². The quantitative estimate of drug-likeness (QED) is 0.375. The lowest BCUT2D eigenvalue weighted by Gasteiger charge is -1.89. The lowest BCUT2D eigenvalue weighted by atomic mass is 10.3. The summed E-state index contributed by atoms with van der Waals surface area (Å²) in [6, 6.07) is 5.62. The molecule has 1 rings (SSSR count). The van der Waals surface area contributed by atoms with E-state index in [1.54, 1.807) is 6.20 Å². The Morgan fingerprint density at radius 1 is 1.60 bits per heavy atom. The van der Waals surface area contributed by atoms with Gasteiger partial charge in [-0.25, -0.2) is 0 Å². The average Bonchev–Trinajstić information content (AvgIpc) is 2.03. The van der Waals surface area contributed by atoms with E-state index >= 15 is 0 Å². The Bertz CT molecular complexity index is 208. The van der Waals surface area contributed by atoms with Crippen molar-refractivity contribution in [2.75, 3.05) is 0 Å². The van der Waals surface area contributed by atoms with Gasteiger partial charge >= 0.3 is 0 Å². The van der Waals surface area contributed by atoms with Crippen LogP contribution in [0.15, 0.2) is 29.6 Å². The van der Waals surface area contributed by atoms with Crippen LogP contribution in [0.5, 0.6) is 0 Å². The molecule has 0 radical (unpaired) electrons. The maximum Gasteiger partial charge on any atom is 0.0495 e. The van der Waals surface area contributed by atoms with Crippen molar-refractivity contribution >= 4 is 6.21 Å². The van der Waals surface area contributed by atoms with Crippen LogP contribution in [0.2, 0.25) is 0 Å². The molecule has 1 aromatic heterocycles. The van der Waals surface area contributed by atoms with Crippen LogP contribution in [0.4, 0.5) is 0 Å². The molecular weight excluding hydrogens is 128 g/mol. The SMILES string of the molecule is O/N=C\Cc1ccccn1. The van der Waals surface area contributed by atoms with Crippen molar-refractivity contribution in [2.45, 2.75) is 6.42 Å². The first-order chi connectivity index (χ1) is 4.93. The summed E-state index contributed by atoms with van der Waals surface area (Å²) in [7, 11) is 0. The molecule has 10 heavy (non-hydrogen) atoms. The van der Waals surface area contributed by atoms with Crippen molar-refractivity contribution in [3.8, 4) is 0 Å². The van der Waals surface area contributed by atoms with Gasteiger partial charge in [0.15, 0.2) is 0 Å². The molecule has 0 saturated heterocycles. The molecule has 0 aromatic carbocycles. The second kappa shape index (κ2) is 3.61. The van der Waals surface area contributed by atoms with Crippen molar-refractivity contribution in [3.05, 3.63) is 30.1 Å². The van der Waals surface area contributed by atoms with E-state index in [1.165, 1.54) is 6.21 Å². The van der Waals surface area contributed by atoms with E-state index < -0.39 is 0 Å². The number of aromatic nitrogens is 1. The van der Waals surface area contributed by atoms with Crippen LogP contribution in [-0.2, 0) is 6.42 Å². The van der Waals surface area contributed by atoms with Gasteiger partial charge in [-0.3, -0.25) is 4.98 Å². The highest BCUT2D eigenvalue weighted by atomic mass is 16.4. The molecule has 3 nitrogen and oxygen atoms in total. The number of nitrogens with zero attached hydrogens (tertiary/aromatic N) is 2. The fraction of sp³-hybridized carbons (Fsp3) is 0.143. The molecule has 52 valence electrons. The first kappa shape index (κ1) is 6.74. The van der Waals surface area contributed by atoms with E-state index in [0.29, 0.717) is 6.42 Å². The molecule has 0 saturated carbocycles. The molecule has 0 aliphatic carbocycles. The van der Waals surface area contributed by atoms with Crippen molar-refractivity contribution in [2.24, 2.45) is 5.16 Å². The molecule has 0 fully saturated rings. The Morgan fingerprint density at radius 2 is 2.50 bits per heavy atom. The molecule has 3 heteroatoms. The van der Waals surface area contributed by atoms with Crippen molar-refractivity contribution in [1.82, 2.24) is 4.98 Å². The monoisotopic (exact) mass is 136 g/mol. The molecular formula is C7H8N2O. The van der Waals surface area contributed by atoms with Gasteiger partial charge in [-0.2, -0.15) is 0 Å². The zero-order valence-electron chi connectivity index (χ0n) is 5.44. The Kier molecular flexibility index (Phi) is 2.43. The summed E-state index contributed by atoms with van der Waals surface area (Å²) in [5.74, 6) is 0. The van der Waals surface area contributed by atoms with Crippen LogP contribution >= 0.6 is 0 Å². The fourth-order valence-electron chi connectivity index (χ4n) is 0.653. The van der Waals surface area contributed by atoms with Crippen LogP contribution in [-0.4, -0.2) is 16.4 Å². The zero-order valence-corrected chi connectivity index (χ0v) is 5.44. The molecule has 1 heterocycles. The van der Waals surface area contributed by atoms with Gasteiger partial charge in [0, 0.05) is 24.5 Å². The van der Waals surface area contributed by atoms with E-state index in [1.807, 2.05) is 18.2 Å². The van der Waals surface area contributed by atoms with E-state index in [-0.39, 0.29) is 0 Å². The number of pyridine rings is 1. The number of oxime groups is 1. The minimum Gasteiger partial charge on any atom is -0.411 e. The second-order valence-electron chi connectivity index (χ2n) is 1.82. The Hall–Kier alpha value is -1.38. The first-order valence-corrected chi connectivity index (χ1v) is 2.99. The summed E-state index contributed by atoms with van der Waals surface area (Å²) in [5, 5.41) is 10.9. The van der Waals surface area contributed by atoms with Gasteiger partial charge in [-0.1, -0.05) is 6.07 Å². The van der Waals surface area contributed by atoms with Crippen molar-refractivity contribution < 1.29 is 5.21 Å². The molecule has 0 bridgehead atoms. The lowest BCUT2D eigenvalue weighted by molar-refractivity contribution is 0.320. The summed E-state index contributed by atoms with van der Waals surface area (Å²) < 4.78 is 0. The highest BCUT2D eigenvalue weighted by molar-refractivity contribution is 5.59. The highest BCUT2D eigenvalue weighted by Crippen LogP contribution is 1.91. The van der Waals surface area contributed by atoms with Gasteiger partial charge < -0.3 is 5.21 Å². The third-order valence-corrected chi connectivity index (χ3v) is 1.11. The maximum atomic E-state index is 8.07. The molecule has 0 aliphatic rings. The average molecular weight is 136 g/mol. The van der Waals surface area contributed by atoms with E-state index in [4.69, 9.17) is 5.21 Å². The van der Waals surface area contributed by atoms with Crippen molar-refractivity contribution in [3.63, 3.8) is 0 Å². The second-order valence-corrected chi connectivity index (χ2v) is 1.82. The summed E-state index contributed by atoms with van der Waals surface area (Å²) in [6.45, 7) is 0. The van der Waals surface area contributed by atoms with Gasteiger partial charge in [-0.05, 0) is 12.1 Å². The standard InChI is InChI=1S/C7H8N2O/c10-9-6-4-7-3-1-2-5-8-7/h1-3,5-6,10H,4H2/b9-6-. The van der Waals surface area contributed by atoms with E-state index in [9.17, 15) is 0 Å². The van der Waals surface area contributed by atoms with Gasteiger partial charge in [0.25, 0.3) is 0 Å². The molecule has 0 atom stereocenters. The van der Waals surface area contributed by atoms with E-state index in [0.717, 1.165) is 5.69 Å². The minimum atomic E-state index is 0.581. The Balaban J connectivity index is 2.59. The highest BCUT2D eigenvalue weighted by Gasteiger charge is 1.86. The third-order valence-electron chi connectivity index (χ3n) is 1.11. The molecule has 0 amide bonds. The Labute approximate surface area is 59.0 Å². The van der Waals surface area contributed by atoms with Crippen LogP contribution in [0.25, 0.3) is 0 Å². The van der Waals surface area contributed by atoms with Gasteiger partial charge in [0.05, 0.1) is 0 Å².